The van der Waals surface area contributed by atoms with E-state index in [1.165, 1.54) is 0 Å². The van der Waals surface area contributed by atoms with E-state index in [2.05, 4.69) is 15.3 Å². The third kappa shape index (κ3) is 4.35. The van der Waals surface area contributed by atoms with E-state index < -0.39 is 5.41 Å². The van der Waals surface area contributed by atoms with E-state index in [4.69, 9.17) is 17.3 Å². The highest BCUT2D eigenvalue weighted by Gasteiger charge is 2.25. The molecule has 0 radical (unpaired) electrons. The molecule has 19 heavy (non-hydrogen) atoms. The second-order valence-corrected chi connectivity index (χ2v) is 6.64. The summed E-state index contributed by atoms with van der Waals surface area (Å²) in [6.07, 6.45) is 0. The SMILES string of the molecule is CC(C)(CNc1cc(Cl)nc(C(C)(C)C)n1)C(N)=O. The fourth-order valence-electron chi connectivity index (χ4n) is 1.24. The van der Waals surface area contributed by atoms with Crippen LogP contribution in [-0.4, -0.2) is 22.4 Å². The summed E-state index contributed by atoms with van der Waals surface area (Å²) in [5.74, 6) is 0.884. The Balaban J connectivity index is 2.91. The molecule has 0 aliphatic heterocycles. The Morgan fingerprint density at radius 2 is 1.89 bits per heavy atom. The van der Waals surface area contributed by atoms with E-state index >= 15 is 0 Å². The van der Waals surface area contributed by atoms with Gasteiger partial charge in [0, 0.05) is 18.0 Å². The predicted octanol–water partition coefficient (Wildman–Crippen LogP) is 2.35. The van der Waals surface area contributed by atoms with Gasteiger partial charge in [0.05, 0.1) is 5.41 Å². The lowest BCUT2D eigenvalue weighted by molar-refractivity contribution is -0.125. The van der Waals surface area contributed by atoms with Crippen LogP contribution in [0.15, 0.2) is 6.07 Å². The van der Waals surface area contributed by atoms with Gasteiger partial charge in [-0.15, -0.1) is 0 Å². The normalized spacial score (nSPS) is 12.3. The van der Waals surface area contributed by atoms with Crippen molar-refractivity contribution < 1.29 is 4.79 Å². The molecule has 1 rings (SSSR count). The van der Waals surface area contributed by atoms with E-state index in [0.717, 1.165) is 0 Å². The fourth-order valence-corrected chi connectivity index (χ4v) is 1.43. The minimum absolute atomic E-state index is 0.194. The number of hydrogen-bond acceptors (Lipinski definition) is 4. The number of aromatic nitrogens is 2. The molecule has 0 saturated heterocycles. The Labute approximate surface area is 119 Å². The number of carbonyl (C=O) groups is 1. The second kappa shape index (κ2) is 5.33. The topological polar surface area (TPSA) is 80.9 Å². The van der Waals surface area contributed by atoms with E-state index in [1.54, 1.807) is 19.9 Å². The molecule has 3 N–H and O–H groups in total. The van der Waals surface area contributed by atoms with E-state index in [1.807, 2.05) is 20.8 Å². The third-order valence-electron chi connectivity index (χ3n) is 2.74. The molecule has 1 aromatic heterocycles. The summed E-state index contributed by atoms with van der Waals surface area (Å²) in [5.41, 5.74) is 4.48. The number of amides is 1. The third-order valence-corrected chi connectivity index (χ3v) is 2.94. The zero-order chi connectivity index (χ0) is 14.8. The van der Waals surface area contributed by atoms with Crippen LogP contribution in [0.4, 0.5) is 5.82 Å². The first-order valence-corrected chi connectivity index (χ1v) is 6.49. The van der Waals surface area contributed by atoms with Crippen molar-refractivity contribution in [1.29, 1.82) is 0 Å². The Morgan fingerprint density at radius 3 is 2.37 bits per heavy atom. The minimum atomic E-state index is -0.653. The number of nitrogens with one attached hydrogen (secondary N) is 1. The average Bonchev–Trinajstić information content (AvgIpc) is 2.24. The van der Waals surface area contributed by atoms with Gasteiger partial charge in [-0.2, -0.15) is 0 Å². The van der Waals surface area contributed by atoms with Crippen LogP contribution in [-0.2, 0) is 10.2 Å². The van der Waals surface area contributed by atoms with Crippen LogP contribution in [0.2, 0.25) is 5.15 Å². The molecule has 0 saturated carbocycles. The van der Waals surface area contributed by atoms with Crippen molar-refractivity contribution in [1.82, 2.24) is 9.97 Å². The van der Waals surface area contributed by atoms with Gasteiger partial charge in [0.2, 0.25) is 5.91 Å². The minimum Gasteiger partial charge on any atom is -0.369 e. The molecule has 0 aromatic carbocycles. The zero-order valence-corrected chi connectivity index (χ0v) is 12.8. The molecule has 106 valence electrons. The first-order chi connectivity index (χ1) is 8.52. The highest BCUT2D eigenvalue weighted by atomic mass is 35.5. The molecule has 1 amide bonds. The highest BCUT2D eigenvalue weighted by Crippen LogP contribution is 2.23. The van der Waals surface area contributed by atoms with Crippen LogP contribution < -0.4 is 11.1 Å². The van der Waals surface area contributed by atoms with Gasteiger partial charge in [0.15, 0.2) is 0 Å². The van der Waals surface area contributed by atoms with Crippen molar-refractivity contribution in [2.24, 2.45) is 11.1 Å². The van der Waals surface area contributed by atoms with Crippen molar-refractivity contribution in [3.63, 3.8) is 0 Å². The molecule has 0 aliphatic rings. The smallest absolute Gasteiger partial charge is 0.224 e. The Morgan fingerprint density at radius 1 is 1.32 bits per heavy atom. The van der Waals surface area contributed by atoms with Crippen LogP contribution >= 0.6 is 11.6 Å². The van der Waals surface area contributed by atoms with E-state index in [0.29, 0.717) is 23.3 Å². The van der Waals surface area contributed by atoms with Gasteiger partial charge in [-0.05, 0) is 13.8 Å². The standard InChI is InChI=1S/C13H21ClN4O/c1-12(2,3)11-17-8(14)6-9(18-11)16-7-13(4,5)10(15)19/h6H,7H2,1-5H3,(H2,15,19)(H,16,17,18). The van der Waals surface area contributed by atoms with Gasteiger partial charge in [-0.1, -0.05) is 32.4 Å². The Kier molecular flexibility index (Phi) is 4.40. The lowest BCUT2D eigenvalue weighted by Gasteiger charge is -2.22. The molecule has 1 heterocycles. The van der Waals surface area contributed by atoms with E-state index in [-0.39, 0.29) is 11.3 Å². The number of primary amides is 1. The predicted molar refractivity (Wildman–Crippen MR) is 77.2 cm³/mol. The van der Waals surface area contributed by atoms with Gasteiger partial charge < -0.3 is 11.1 Å². The summed E-state index contributed by atoms with van der Waals surface area (Å²) in [7, 11) is 0. The second-order valence-electron chi connectivity index (χ2n) is 6.25. The molecule has 0 fully saturated rings. The summed E-state index contributed by atoms with van der Waals surface area (Å²) in [5, 5.41) is 3.46. The Bertz CT molecular complexity index is 480. The zero-order valence-electron chi connectivity index (χ0n) is 12.0. The molecule has 0 bridgehead atoms. The number of nitrogens with two attached hydrogens (primary N) is 1. The van der Waals surface area contributed by atoms with Crippen LogP contribution in [0.3, 0.4) is 0 Å². The maximum absolute atomic E-state index is 11.3. The molecule has 0 unspecified atom stereocenters. The summed E-state index contributed by atoms with van der Waals surface area (Å²) in [4.78, 5) is 19.9. The molecule has 0 atom stereocenters. The van der Waals surface area contributed by atoms with E-state index in [9.17, 15) is 4.79 Å². The highest BCUT2D eigenvalue weighted by molar-refractivity contribution is 6.29. The monoisotopic (exact) mass is 284 g/mol. The van der Waals surface area contributed by atoms with Gasteiger partial charge in [-0.25, -0.2) is 9.97 Å². The lowest BCUT2D eigenvalue weighted by Crippen LogP contribution is -2.37. The number of hydrogen-bond donors (Lipinski definition) is 2. The maximum atomic E-state index is 11.3. The summed E-state index contributed by atoms with van der Waals surface area (Å²) >= 11 is 5.99. The van der Waals surface area contributed by atoms with Crippen LogP contribution in [0.1, 0.15) is 40.4 Å². The molecular weight excluding hydrogens is 264 g/mol. The van der Waals surface area contributed by atoms with Crippen molar-refractivity contribution in [3.05, 3.63) is 17.0 Å². The Hall–Kier alpha value is -1.36. The number of halogens is 1. The largest absolute Gasteiger partial charge is 0.369 e. The average molecular weight is 285 g/mol. The van der Waals surface area contributed by atoms with Crippen molar-refractivity contribution in [3.8, 4) is 0 Å². The van der Waals surface area contributed by atoms with Crippen molar-refractivity contribution >= 4 is 23.3 Å². The number of carbonyl (C=O) groups excluding carboxylic acids is 1. The van der Waals surface area contributed by atoms with Crippen molar-refractivity contribution in [2.75, 3.05) is 11.9 Å². The molecule has 6 heteroatoms. The first kappa shape index (κ1) is 15.7. The maximum Gasteiger partial charge on any atom is 0.224 e. The fraction of sp³-hybridized carbons (Fsp3) is 0.615. The van der Waals surface area contributed by atoms with Gasteiger partial charge in [-0.3, -0.25) is 4.79 Å². The molecule has 1 aromatic rings. The van der Waals surface area contributed by atoms with Crippen LogP contribution in [0.5, 0.6) is 0 Å². The molecule has 0 spiro atoms. The lowest BCUT2D eigenvalue weighted by atomic mass is 9.93. The number of rotatable bonds is 4. The molecular formula is C13H21ClN4O. The van der Waals surface area contributed by atoms with Crippen LogP contribution in [0, 0.1) is 5.41 Å². The number of nitrogens with zero attached hydrogens (tertiary/aromatic N) is 2. The van der Waals surface area contributed by atoms with Gasteiger partial charge >= 0.3 is 0 Å². The van der Waals surface area contributed by atoms with Gasteiger partial charge in [0.25, 0.3) is 0 Å². The van der Waals surface area contributed by atoms with Gasteiger partial charge in [0.1, 0.15) is 16.8 Å². The number of anilines is 1. The summed E-state index contributed by atoms with van der Waals surface area (Å²) in [6.45, 7) is 9.96. The first-order valence-electron chi connectivity index (χ1n) is 6.11. The van der Waals surface area contributed by atoms with Crippen molar-refractivity contribution in [2.45, 2.75) is 40.0 Å². The summed E-state index contributed by atoms with van der Waals surface area (Å²) in [6, 6.07) is 1.63. The summed E-state index contributed by atoms with van der Waals surface area (Å²) < 4.78 is 0. The molecule has 0 aliphatic carbocycles. The molecule has 5 nitrogen and oxygen atoms in total. The van der Waals surface area contributed by atoms with Crippen LogP contribution in [0.25, 0.3) is 0 Å². The quantitative estimate of drug-likeness (QED) is 0.832.